The molecule has 0 atom stereocenters. The molecule has 0 saturated carbocycles. The largest absolute Gasteiger partial charge is 0.289 e. The average Bonchev–Trinajstić information content (AvgIpc) is 2.47. The number of Topliss-reactive ketones (excluding diaryl/α,β-unsaturated/α-hetero) is 2. The third-order valence-corrected chi connectivity index (χ3v) is 21.2. The molecule has 0 unspecified atom stereocenters. The molecule has 0 N–H and O–H groups in total. The van der Waals surface area contributed by atoms with Crippen LogP contribution in [-0.4, -0.2) is 11.6 Å². The van der Waals surface area contributed by atoms with Crippen LogP contribution in [0.1, 0.15) is 108 Å². The van der Waals surface area contributed by atoms with E-state index in [1.54, 1.807) is 58.3 Å². The lowest BCUT2D eigenvalue weighted by atomic mass is 9.65. The summed E-state index contributed by atoms with van der Waals surface area (Å²) in [5.41, 5.74) is 18.8. The Morgan fingerprint density at radius 3 is 1.27 bits per heavy atom. The van der Waals surface area contributed by atoms with Crippen LogP contribution in [0.25, 0.3) is 64.4 Å². The third kappa shape index (κ3) is 7.29. The Bertz CT molecular complexity index is 5040. The molecular formula is C76H44N4O2S3. The SMILES string of the molecule is Cc1ccc(C2(c3ccc(C)cc3)c3cc4c(cc3-c3cc5cc(C=C6C(=O)c7ccccc7C6=C(C#N)C#N)sc5cc32)C(c2ccc(C)cc2)(c2ccc(C)cc2)c2c-4sc3cc(C=C4C(=O)c5ccccc5C4=C(C#N)C#N)sc23)cc1. The topological polar surface area (TPSA) is 129 Å². The van der Waals surface area contributed by atoms with Crippen molar-refractivity contribution in [1.82, 2.24) is 0 Å². The van der Waals surface area contributed by atoms with E-state index >= 15 is 0 Å². The molecule has 0 amide bonds. The van der Waals surface area contributed by atoms with E-state index in [2.05, 4.69) is 185 Å². The second kappa shape index (κ2) is 19.1. The molecule has 0 aliphatic heterocycles. The maximum absolute atomic E-state index is 14.3. The molecule has 3 heterocycles. The lowest BCUT2D eigenvalue weighted by molar-refractivity contribution is 0.103. The van der Waals surface area contributed by atoms with E-state index < -0.39 is 10.8 Å². The summed E-state index contributed by atoms with van der Waals surface area (Å²) in [6.07, 6.45) is 3.74. The Morgan fingerprint density at radius 2 is 0.800 bits per heavy atom. The van der Waals surface area contributed by atoms with Gasteiger partial charge in [-0.3, -0.25) is 9.59 Å². The van der Waals surface area contributed by atoms with E-state index in [-0.39, 0.29) is 22.7 Å². The highest BCUT2D eigenvalue weighted by Crippen LogP contribution is 2.66. The molecule has 3 aromatic heterocycles. The number of ketones is 2. The summed E-state index contributed by atoms with van der Waals surface area (Å²) >= 11 is 4.99. The molecule has 85 heavy (non-hydrogen) atoms. The monoisotopic (exact) mass is 1140 g/mol. The molecule has 0 radical (unpaired) electrons. The first-order chi connectivity index (χ1) is 41.4. The van der Waals surface area contributed by atoms with Gasteiger partial charge in [0, 0.05) is 63.0 Å². The van der Waals surface area contributed by atoms with E-state index in [4.69, 9.17) is 0 Å². The molecule has 15 rings (SSSR count). The highest BCUT2D eigenvalue weighted by Gasteiger charge is 2.53. The fourth-order valence-electron chi connectivity index (χ4n) is 13.9. The summed E-state index contributed by atoms with van der Waals surface area (Å²) in [7, 11) is 0. The second-order valence-corrected chi connectivity index (χ2v) is 25.7. The van der Waals surface area contributed by atoms with E-state index in [1.165, 1.54) is 16.0 Å². The van der Waals surface area contributed by atoms with Gasteiger partial charge < -0.3 is 0 Å². The van der Waals surface area contributed by atoms with Crippen molar-refractivity contribution in [2.24, 2.45) is 0 Å². The lowest BCUT2D eigenvalue weighted by Gasteiger charge is -2.35. The minimum absolute atomic E-state index is 0.0958. The fraction of sp³-hybridized carbons (Fsp3) is 0.0789. The minimum Gasteiger partial charge on any atom is -0.289 e. The van der Waals surface area contributed by atoms with Gasteiger partial charge in [-0.2, -0.15) is 21.0 Å². The Labute approximate surface area is 503 Å². The maximum atomic E-state index is 14.3. The smallest absolute Gasteiger partial charge is 0.194 e. The fourth-order valence-corrected chi connectivity index (χ4v) is 17.6. The summed E-state index contributed by atoms with van der Waals surface area (Å²) in [4.78, 5) is 31.4. The van der Waals surface area contributed by atoms with Crippen LogP contribution in [-0.2, 0) is 10.8 Å². The molecule has 0 fully saturated rings. The highest BCUT2D eigenvalue weighted by molar-refractivity contribution is 7.30. The summed E-state index contributed by atoms with van der Waals surface area (Å²) in [6.45, 7) is 8.49. The first-order valence-electron chi connectivity index (χ1n) is 27.8. The zero-order chi connectivity index (χ0) is 58.2. The summed E-state index contributed by atoms with van der Waals surface area (Å²) < 4.78 is 3.21. The van der Waals surface area contributed by atoms with Crippen LogP contribution in [0.5, 0.6) is 0 Å². The third-order valence-electron chi connectivity index (χ3n) is 17.7. The van der Waals surface area contributed by atoms with Crippen LogP contribution < -0.4 is 0 Å². The van der Waals surface area contributed by atoms with Gasteiger partial charge in [-0.05, 0) is 148 Å². The van der Waals surface area contributed by atoms with E-state index in [0.29, 0.717) is 44.5 Å². The number of nitrogens with zero attached hydrogens (tertiary/aromatic N) is 4. The molecule has 4 aliphatic carbocycles. The predicted molar refractivity (Wildman–Crippen MR) is 342 cm³/mol. The van der Waals surface area contributed by atoms with Crippen LogP contribution in [0, 0.1) is 73.0 Å². The van der Waals surface area contributed by atoms with Gasteiger partial charge in [-0.1, -0.05) is 168 Å². The van der Waals surface area contributed by atoms with Crippen molar-refractivity contribution < 1.29 is 9.59 Å². The van der Waals surface area contributed by atoms with E-state index in [9.17, 15) is 30.6 Å². The number of nitriles is 4. The van der Waals surface area contributed by atoms with Gasteiger partial charge in [0.1, 0.15) is 35.4 Å². The van der Waals surface area contributed by atoms with Crippen molar-refractivity contribution in [3.63, 3.8) is 0 Å². The number of rotatable bonds is 6. The van der Waals surface area contributed by atoms with Gasteiger partial charge >= 0.3 is 0 Å². The van der Waals surface area contributed by atoms with Crippen molar-refractivity contribution in [1.29, 1.82) is 21.0 Å². The van der Waals surface area contributed by atoms with Crippen LogP contribution in [0.4, 0.5) is 0 Å². The molecule has 4 aliphatic rings. The molecular weight excluding hydrogens is 1100 g/mol. The van der Waals surface area contributed by atoms with E-state index in [1.807, 2.05) is 36.4 Å². The summed E-state index contributed by atoms with van der Waals surface area (Å²) in [5, 5.41) is 41.9. The zero-order valence-corrected chi connectivity index (χ0v) is 48.8. The minimum atomic E-state index is -0.832. The first kappa shape index (κ1) is 51.5. The van der Waals surface area contributed by atoms with Crippen molar-refractivity contribution in [2.75, 3.05) is 0 Å². The van der Waals surface area contributed by atoms with Crippen LogP contribution in [0.3, 0.4) is 0 Å². The van der Waals surface area contributed by atoms with Gasteiger partial charge in [0.2, 0.25) is 0 Å². The Hall–Kier alpha value is -10.4. The number of carbonyl (C=O) groups excluding carboxylic acids is 2. The average molecular weight is 1140 g/mol. The molecule has 11 aromatic rings. The summed E-state index contributed by atoms with van der Waals surface area (Å²) in [5.74, 6) is -0.427. The zero-order valence-electron chi connectivity index (χ0n) is 46.3. The van der Waals surface area contributed by atoms with Crippen LogP contribution in [0.15, 0.2) is 204 Å². The lowest BCUT2D eigenvalue weighted by Crippen LogP contribution is -2.30. The normalized spacial score (nSPS) is 15.5. The molecule has 398 valence electrons. The number of allylic oxidation sites excluding steroid dienone is 6. The van der Waals surface area contributed by atoms with Crippen molar-refractivity contribution in [2.45, 2.75) is 38.5 Å². The number of carbonyl (C=O) groups is 2. The number of hydrogen-bond donors (Lipinski definition) is 0. The maximum Gasteiger partial charge on any atom is 0.194 e. The van der Waals surface area contributed by atoms with Gasteiger partial charge in [0.25, 0.3) is 0 Å². The molecule has 9 heteroatoms. The van der Waals surface area contributed by atoms with Gasteiger partial charge in [-0.15, -0.1) is 34.0 Å². The molecule has 6 nitrogen and oxygen atoms in total. The van der Waals surface area contributed by atoms with Crippen molar-refractivity contribution in [3.8, 4) is 45.8 Å². The first-order valence-corrected chi connectivity index (χ1v) is 30.3. The quantitative estimate of drug-likeness (QED) is 0.120. The van der Waals surface area contributed by atoms with Gasteiger partial charge in [-0.25, -0.2) is 0 Å². The van der Waals surface area contributed by atoms with Gasteiger partial charge in [0.15, 0.2) is 11.6 Å². The number of thiophene rings is 3. The number of fused-ring (bicyclic) bond motifs is 11. The Morgan fingerprint density at radius 1 is 0.400 bits per heavy atom. The Kier molecular flexibility index (Phi) is 11.6. The molecule has 0 bridgehead atoms. The van der Waals surface area contributed by atoms with Crippen LogP contribution in [0.2, 0.25) is 0 Å². The second-order valence-electron chi connectivity index (χ2n) is 22.5. The van der Waals surface area contributed by atoms with Crippen molar-refractivity contribution in [3.05, 3.63) is 303 Å². The molecule has 0 saturated heterocycles. The standard InChI is InChI=1S/C76H44N4O2S3/c1-41-13-21-48(22-14-41)75(49-23-15-42(2)16-24-49)63-35-60-64(34-59(63)58-30-45-29-52(83-66(45)36-65(58)75)31-61-68(46(37-77)38-78)54-9-5-7-11-56(54)71(61)81)76(50-25-17-43(3)18-26-50,51-27-19-44(4)20-28-51)70-73(60)85-67-33-53(84-74(67)70)32-62-69(47(39-79)40-80)55-10-6-8-12-57(55)72(62)82/h5-36H,1-4H3. The van der Waals surface area contributed by atoms with E-state index in [0.717, 1.165) is 102 Å². The number of aryl methyl sites for hydroxylation is 4. The van der Waals surface area contributed by atoms with Gasteiger partial charge in [0.05, 0.1) is 15.5 Å². The van der Waals surface area contributed by atoms with Crippen molar-refractivity contribution >= 4 is 88.4 Å². The Balaban J connectivity index is 1.02. The molecule has 8 aromatic carbocycles. The predicted octanol–water partition coefficient (Wildman–Crippen LogP) is 18.3. The highest BCUT2D eigenvalue weighted by atomic mass is 32.1. The van der Waals surface area contributed by atoms with Crippen LogP contribution >= 0.6 is 34.0 Å². The molecule has 0 spiro atoms. The summed E-state index contributed by atoms with van der Waals surface area (Å²) in [6, 6.07) is 72.6. The number of hydrogen-bond acceptors (Lipinski definition) is 9. The number of benzene rings is 8.